The van der Waals surface area contributed by atoms with Gasteiger partial charge in [0.05, 0.1) is 5.69 Å². The minimum absolute atomic E-state index is 0.000524. The first-order chi connectivity index (χ1) is 16.2. The van der Waals surface area contributed by atoms with Crippen LogP contribution in [-0.4, -0.2) is 48.4 Å². The summed E-state index contributed by atoms with van der Waals surface area (Å²) in [4.78, 5) is 19.9. The van der Waals surface area contributed by atoms with Gasteiger partial charge in [-0.25, -0.2) is 4.98 Å². The smallest absolute Gasteiger partial charge is 0.227 e. The van der Waals surface area contributed by atoms with Crippen LogP contribution in [0.5, 0.6) is 0 Å². The van der Waals surface area contributed by atoms with E-state index in [1.54, 1.807) is 10.8 Å². The molecule has 33 heavy (non-hydrogen) atoms. The Bertz CT molecular complexity index is 1260. The van der Waals surface area contributed by atoms with Crippen LogP contribution < -0.4 is 10.2 Å². The third-order valence-electron chi connectivity index (χ3n) is 6.69. The molecule has 0 saturated carbocycles. The second-order valence-electron chi connectivity index (χ2n) is 8.85. The maximum Gasteiger partial charge on any atom is 0.227 e. The third-order valence-corrected chi connectivity index (χ3v) is 6.69. The van der Waals surface area contributed by atoms with E-state index >= 15 is 0 Å². The van der Waals surface area contributed by atoms with E-state index in [0.29, 0.717) is 0 Å². The SMILES string of the molecule is O=C(Nc1ccc(-c2cn3c(n2)CCCC3)cc1)C1CCN(c2ccc3nncn3n2)CC1. The molecule has 0 spiro atoms. The van der Waals surface area contributed by atoms with E-state index in [9.17, 15) is 4.79 Å². The molecule has 2 aliphatic heterocycles. The number of nitrogens with one attached hydrogen (secondary N) is 1. The van der Waals surface area contributed by atoms with Gasteiger partial charge in [0.25, 0.3) is 0 Å². The fourth-order valence-electron chi connectivity index (χ4n) is 4.78. The lowest BCUT2D eigenvalue weighted by atomic mass is 9.95. The molecule has 168 valence electrons. The molecular weight excluding hydrogens is 416 g/mol. The monoisotopic (exact) mass is 442 g/mol. The van der Waals surface area contributed by atoms with Gasteiger partial charge < -0.3 is 14.8 Å². The first-order valence-electron chi connectivity index (χ1n) is 11.6. The number of anilines is 2. The summed E-state index contributed by atoms with van der Waals surface area (Å²) in [6.07, 6.45) is 8.84. The Kier molecular flexibility index (Phi) is 5.01. The quantitative estimate of drug-likeness (QED) is 0.522. The van der Waals surface area contributed by atoms with Crippen LogP contribution >= 0.6 is 0 Å². The third kappa shape index (κ3) is 3.94. The number of piperidine rings is 1. The van der Waals surface area contributed by atoms with Gasteiger partial charge in [0.15, 0.2) is 5.65 Å². The molecule has 1 aromatic carbocycles. The van der Waals surface area contributed by atoms with Gasteiger partial charge in [0, 0.05) is 49.4 Å². The number of carbonyl (C=O) groups excluding carboxylic acids is 1. The summed E-state index contributed by atoms with van der Waals surface area (Å²) in [6.45, 7) is 2.64. The zero-order valence-electron chi connectivity index (χ0n) is 18.4. The maximum absolute atomic E-state index is 12.9. The number of nitrogens with zero attached hydrogens (tertiary/aromatic N) is 7. The van der Waals surface area contributed by atoms with Crippen molar-refractivity contribution >= 4 is 23.1 Å². The lowest BCUT2D eigenvalue weighted by molar-refractivity contribution is -0.120. The molecule has 9 nitrogen and oxygen atoms in total. The molecule has 1 saturated heterocycles. The normalized spacial score (nSPS) is 16.7. The van der Waals surface area contributed by atoms with Crippen LogP contribution in [0.4, 0.5) is 11.5 Å². The molecule has 2 aliphatic rings. The van der Waals surface area contributed by atoms with E-state index in [1.807, 2.05) is 36.4 Å². The van der Waals surface area contributed by atoms with E-state index in [-0.39, 0.29) is 11.8 Å². The average Bonchev–Trinajstić information content (AvgIpc) is 3.51. The van der Waals surface area contributed by atoms with Crippen LogP contribution in [0.3, 0.4) is 0 Å². The molecule has 9 heteroatoms. The Morgan fingerprint density at radius 3 is 2.67 bits per heavy atom. The summed E-state index contributed by atoms with van der Waals surface area (Å²) >= 11 is 0. The highest BCUT2D eigenvalue weighted by molar-refractivity contribution is 5.93. The predicted octanol–water partition coefficient (Wildman–Crippen LogP) is 3.18. The zero-order valence-corrected chi connectivity index (χ0v) is 18.4. The van der Waals surface area contributed by atoms with Crippen LogP contribution in [-0.2, 0) is 17.8 Å². The molecule has 0 aliphatic carbocycles. The number of amides is 1. The topological polar surface area (TPSA) is 93.2 Å². The largest absolute Gasteiger partial charge is 0.355 e. The van der Waals surface area contributed by atoms with Gasteiger partial charge in [-0.3, -0.25) is 4.79 Å². The molecule has 0 atom stereocenters. The van der Waals surface area contributed by atoms with Gasteiger partial charge in [0.1, 0.15) is 18.0 Å². The summed E-state index contributed by atoms with van der Waals surface area (Å²) in [5, 5.41) is 15.5. The molecule has 1 fully saturated rings. The first kappa shape index (κ1) is 19.9. The van der Waals surface area contributed by atoms with Gasteiger partial charge in [-0.2, -0.15) is 4.52 Å². The minimum atomic E-state index is -0.000524. The van der Waals surface area contributed by atoms with Crippen LogP contribution in [0, 0.1) is 5.92 Å². The molecule has 0 unspecified atom stereocenters. The lowest BCUT2D eigenvalue weighted by Gasteiger charge is -2.32. The predicted molar refractivity (Wildman–Crippen MR) is 125 cm³/mol. The number of rotatable bonds is 4. The summed E-state index contributed by atoms with van der Waals surface area (Å²) < 4.78 is 3.94. The molecule has 1 amide bonds. The van der Waals surface area contributed by atoms with Crippen molar-refractivity contribution in [1.29, 1.82) is 0 Å². The molecule has 1 N–H and O–H groups in total. The summed E-state index contributed by atoms with van der Waals surface area (Å²) in [6, 6.07) is 11.9. The summed E-state index contributed by atoms with van der Waals surface area (Å²) in [7, 11) is 0. The zero-order chi connectivity index (χ0) is 22.2. The molecular formula is C24H26N8O. The Morgan fingerprint density at radius 2 is 1.85 bits per heavy atom. The molecule has 0 bridgehead atoms. The van der Waals surface area contributed by atoms with E-state index in [2.05, 4.69) is 36.3 Å². The maximum atomic E-state index is 12.9. The number of hydrogen-bond donors (Lipinski definition) is 1. The molecule has 0 radical (unpaired) electrons. The highest BCUT2D eigenvalue weighted by atomic mass is 16.1. The van der Waals surface area contributed by atoms with Crippen molar-refractivity contribution in [2.45, 2.75) is 38.6 Å². The van der Waals surface area contributed by atoms with E-state index in [4.69, 9.17) is 4.98 Å². The number of imidazole rings is 1. The van der Waals surface area contributed by atoms with Gasteiger partial charge in [0.2, 0.25) is 5.91 Å². The Hall–Kier alpha value is -3.75. The van der Waals surface area contributed by atoms with E-state index in [1.165, 1.54) is 18.7 Å². The van der Waals surface area contributed by atoms with Crippen molar-refractivity contribution < 1.29 is 4.79 Å². The highest BCUT2D eigenvalue weighted by Gasteiger charge is 2.26. The standard InChI is InChI=1S/C24H26N8O/c33-24(18-10-13-30(14-11-18)23-9-8-22-28-25-16-32(22)29-23)26-19-6-4-17(5-7-19)20-15-31-12-2-1-3-21(31)27-20/h4-9,15-16,18H,1-3,10-14H2,(H,26,33). The van der Waals surface area contributed by atoms with Crippen molar-refractivity contribution in [2.75, 3.05) is 23.3 Å². The second kappa shape index (κ2) is 8.31. The summed E-state index contributed by atoms with van der Waals surface area (Å²) in [5.41, 5.74) is 3.65. The number of fused-ring (bicyclic) bond motifs is 2. The fourth-order valence-corrected chi connectivity index (χ4v) is 4.78. The van der Waals surface area contributed by atoms with Crippen molar-refractivity contribution in [1.82, 2.24) is 29.4 Å². The summed E-state index contributed by atoms with van der Waals surface area (Å²) in [5.74, 6) is 2.15. The Morgan fingerprint density at radius 1 is 1.00 bits per heavy atom. The number of aromatic nitrogens is 6. The van der Waals surface area contributed by atoms with Gasteiger partial charge in [-0.15, -0.1) is 15.3 Å². The number of benzene rings is 1. The molecule has 3 aromatic heterocycles. The fraction of sp³-hybridized carbons (Fsp3) is 0.375. The lowest BCUT2D eigenvalue weighted by Crippen LogP contribution is -2.38. The minimum Gasteiger partial charge on any atom is -0.355 e. The van der Waals surface area contributed by atoms with E-state index < -0.39 is 0 Å². The van der Waals surface area contributed by atoms with Crippen LogP contribution in [0.15, 0.2) is 48.9 Å². The van der Waals surface area contributed by atoms with Crippen molar-refractivity contribution in [3.8, 4) is 11.3 Å². The van der Waals surface area contributed by atoms with Crippen molar-refractivity contribution in [3.63, 3.8) is 0 Å². The number of carbonyl (C=O) groups is 1. The first-order valence-corrected chi connectivity index (χ1v) is 11.6. The highest BCUT2D eigenvalue weighted by Crippen LogP contribution is 2.26. The van der Waals surface area contributed by atoms with Gasteiger partial charge >= 0.3 is 0 Å². The van der Waals surface area contributed by atoms with Gasteiger partial charge in [-0.1, -0.05) is 12.1 Å². The van der Waals surface area contributed by atoms with Crippen LogP contribution in [0.2, 0.25) is 0 Å². The number of hydrogen-bond acceptors (Lipinski definition) is 6. The Labute approximate surface area is 191 Å². The Balaban J connectivity index is 1.06. The molecule has 4 aromatic rings. The van der Waals surface area contributed by atoms with Gasteiger partial charge in [-0.05, 0) is 49.9 Å². The van der Waals surface area contributed by atoms with Crippen LogP contribution in [0.1, 0.15) is 31.5 Å². The second-order valence-corrected chi connectivity index (χ2v) is 8.85. The van der Waals surface area contributed by atoms with Crippen LogP contribution in [0.25, 0.3) is 16.9 Å². The van der Waals surface area contributed by atoms with Crippen molar-refractivity contribution in [3.05, 3.63) is 54.7 Å². The van der Waals surface area contributed by atoms with Crippen molar-refractivity contribution in [2.24, 2.45) is 5.92 Å². The molecule has 6 rings (SSSR count). The number of aryl methyl sites for hydroxylation is 2. The molecule has 5 heterocycles. The average molecular weight is 443 g/mol. The van der Waals surface area contributed by atoms with E-state index in [0.717, 1.165) is 67.3 Å².